The number of nitrogens with zero attached hydrogens (tertiary/aromatic N) is 1. The number of esters is 1. The molecule has 1 saturated heterocycles. The third-order valence-corrected chi connectivity index (χ3v) is 7.18. The van der Waals surface area contributed by atoms with Crippen LogP contribution >= 0.6 is 0 Å². The van der Waals surface area contributed by atoms with Gasteiger partial charge in [0, 0.05) is 25.9 Å². The highest BCUT2D eigenvalue weighted by Gasteiger charge is 2.26. The van der Waals surface area contributed by atoms with Crippen molar-refractivity contribution in [2.75, 3.05) is 13.1 Å². The first-order valence-corrected chi connectivity index (χ1v) is 11.2. The molecule has 1 aromatic carbocycles. The molecule has 27 heavy (non-hydrogen) atoms. The maximum absolute atomic E-state index is 12.6. The molecule has 0 unspecified atom stereocenters. The van der Waals surface area contributed by atoms with Crippen molar-refractivity contribution < 1.29 is 22.7 Å². The summed E-state index contributed by atoms with van der Waals surface area (Å²) in [6, 6.07) is 6.70. The second-order valence-corrected chi connectivity index (χ2v) is 9.24. The Morgan fingerprint density at radius 1 is 1.04 bits per heavy atom. The van der Waals surface area contributed by atoms with E-state index in [0.717, 1.165) is 37.7 Å². The van der Waals surface area contributed by atoms with Crippen molar-refractivity contribution >= 4 is 21.8 Å². The Morgan fingerprint density at radius 2 is 1.74 bits per heavy atom. The van der Waals surface area contributed by atoms with E-state index in [9.17, 15) is 18.0 Å². The van der Waals surface area contributed by atoms with Gasteiger partial charge in [0.1, 0.15) is 0 Å². The van der Waals surface area contributed by atoms with E-state index >= 15 is 0 Å². The van der Waals surface area contributed by atoms with Crippen LogP contribution in [0.25, 0.3) is 0 Å². The molecule has 0 bridgehead atoms. The van der Waals surface area contributed by atoms with Gasteiger partial charge in [-0.15, -0.1) is 0 Å². The molecule has 6 nitrogen and oxygen atoms in total. The molecule has 0 N–H and O–H groups in total. The Bertz CT molecular complexity index is 766. The number of Topliss-reactive ketones (excluding diaryl/α,β-unsaturated/α-hetero) is 1. The molecular weight excluding hydrogens is 366 g/mol. The SMILES string of the molecule is O=C(CCc1ccc(S(=O)(=O)N2CCCCC2)cc1)O[C@@H]1CCCCC1=O. The van der Waals surface area contributed by atoms with Crippen LogP contribution in [0.5, 0.6) is 0 Å². The summed E-state index contributed by atoms with van der Waals surface area (Å²) in [7, 11) is -3.43. The van der Waals surface area contributed by atoms with Crippen molar-refractivity contribution in [3.8, 4) is 0 Å². The van der Waals surface area contributed by atoms with Gasteiger partial charge < -0.3 is 4.74 Å². The van der Waals surface area contributed by atoms with Crippen molar-refractivity contribution in [2.24, 2.45) is 0 Å². The topological polar surface area (TPSA) is 80.8 Å². The molecule has 3 rings (SSSR count). The number of aryl methyl sites for hydroxylation is 1. The minimum absolute atomic E-state index is 0.0156. The average molecular weight is 394 g/mol. The highest BCUT2D eigenvalue weighted by molar-refractivity contribution is 7.89. The van der Waals surface area contributed by atoms with Crippen LogP contribution in [0.15, 0.2) is 29.2 Å². The molecule has 0 radical (unpaired) electrons. The minimum Gasteiger partial charge on any atom is -0.454 e. The van der Waals surface area contributed by atoms with Crippen molar-refractivity contribution in [1.82, 2.24) is 4.31 Å². The zero-order valence-electron chi connectivity index (χ0n) is 15.6. The number of rotatable bonds is 6. The number of benzene rings is 1. The van der Waals surface area contributed by atoms with Gasteiger partial charge in [-0.2, -0.15) is 4.31 Å². The predicted molar refractivity (Wildman–Crippen MR) is 101 cm³/mol. The van der Waals surface area contributed by atoms with E-state index in [0.29, 0.717) is 37.2 Å². The lowest BCUT2D eigenvalue weighted by molar-refractivity contribution is -0.156. The lowest BCUT2D eigenvalue weighted by Crippen LogP contribution is -2.35. The Hall–Kier alpha value is -1.73. The molecule has 2 fully saturated rings. The summed E-state index contributed by atoms with van der Waals surface area (Å²) in [5.74, 6) is -0.359. The molecule has 1 heterocycles. The first-order chi connectivity index (χ1) is 13.0. The van der Waals surface area contributed by atoms with Crippen molar-refractivity contribution in [1.29, 1.82) is 0 Å². The molecule has 7 heteroatoms. The average Bonchev–Trinajstić information content (AvgIpc) is 2.69. The standard InChI is InChI=1S/C20H27NO5S/c22-18-6-2-3-7-19(18)26-20(23)13-10-16-8-11-17(12-9-16)27(24,25)21-14-4-1-5-15-21/h8-9,11-12,19H,1-7,10,13-15H2/t19-/m1/s1. The molecule has 1 saturated carbocycles. The second-order valence-electron chi connectivity index (χ2n) is 7.30. The normalized spacial score (nSPS) is 21.8. The van der Waals surface area contributed by atoms with Crippen molar-refractivity contribution in [3.05, 3.63) is 29.8 Å². The van der Waals surface area contributed by atoms with E-state index in [1.54, 1.807) is 28.6 Å². The number of piperidine rings is 1. The zero-order chi connectivity index (χ0) is 19.3. The van der Waals surface area contributed by atoms with Crippen LogP contribution in [0.2, 0.25) is 0 Å². The third-order valence-electron chi connectivity index (χ3n) is 5.27. The smallest absolute Gasteiger partial charge is 0.306 e. The highest BCUT2D eigenvalue weighted by atomic mass is 32.2. The quantitative estimate of drug-likeness (QED) is 0.694. The fourth-order valence-electron chi connectivity index (χ4n) is 3.62. The van der Waals surface area contributed by atoms with E-state index in [1.807, 2.05) is 0 Å². The Labute approximate surface area is 160 Å². The van der Waals surface area contributed by atoms with Crippen molar-refractivity contribution in [2.45, 2.75) is 68.8 Å². The van der Waals surface area contributed by atoms with E-state index < -0.39 is 16.1 Å². The summed E-state index contributed by atoms with van der Waals surface area (Å²) in [6.07, 6.45) is 5.85. The van der Waals surface area contributed by atoms with E-state index in [1.165, 1.54) is 0 Å². The van der Waals surface area contributed by atoms with Gasteiger partial charge in [-0.1, -0.05) is 18.6 Å². The summed E-state index contributed by atoms with van der Waals surface area (Å²) in [5, 5.41) is 0. The fourth-order valence-corrected chi connectivity index (χ4v) is 5.14. The predicted octanol–water partition coefficient (Wildman–Crippen LogP) is 2.85. The van der Waals surface area contributed by atoms with Gasteiger partial charge in [-0.05, 0) is 56.2 Å². The van der Waals surface area contributed by atoms with Crippen molar-refractivity contribution in [3.63, 3.8) is 0 Å². The Kier molecular flexibility index (Phi) is 6.65. The molecule has 1 aliphatic heterocycles. The van der Waals surface area contributed by atoms with Crippen LogP contribution < -0.4 is 0 Å². The van der Waals surface area contributed by atoms with Gasteiger partial charge in [-0.3, -0.25) is 9.59 Å². The lowest BCUT2D eigenvalue weighted by atomic mass is 9.96. The maximum Gasteiger partial charge on any atom is 0.306 e. The first-order valence-electron chi connectivity index (χ1n) is 9.78. The van der Waals surface area contributed by atoms with Crippen LogP contribution in [0.4, 0.5) is 0 Å². The molecule has 1 aromatic rings. The van der Waals surface area contributed by atoms with E-state index in [4.69, 9.17) is 4.74 Å². The van der Waals surface area contributed by atoms with Gasteiger partial charge in [0.15, 0.2) is 11.9 Å². The van der Waals surface area contributed by atoms with Gasteiger partial charge >= 0.3 is 5.97 Å². The third kappa shape index (κ3) is 5.17. The molecule has 148 valence electrons. The number of carbonyl (C=O) groups is 2. The van der Waals surface area contributed by atoms with Crippen LogP contribution in [0, 0.1) is 0 Å². The number of ketones is 1. The monoisotopic (exact) mass is 393 g/mol. The number of ether oxygens (including phenoxy) is 1. The number of carbonyl (C=O) groups excluding carboxylic acids is 2. The summed E-state index contributed by atoms with van der Waals surface area (Å²) in [5.41, 5.74) is 0.875. The Balaban J connectivity index is 1.53. The van der Waals surface area contributed by atoms with Gasteiger partial charge in [0.05, 0.1) is 4.90 Å². The van der Waals surface area contributed by atoms with Crippen LogP contribution in [0.1, 0.15) is 56.9 Å². The zero-order valence-corrected chi connectivity index (χ0v) is 16.4. The Morgan fingerprint density at radius 3 is 2.41 bits per heavy atom. The van der Waals surface area contributed by atoms with Crippen LogP contribution in [-0.4, -0.2) is 43.7 Å². The number of hydrogen-bond acceptors (Lipinski definition) is 5. The molecule has 0 spiro atoms. The number of hydrogen-bond donors (Lipinski definition) is 0. The largest absolute Gasteiger partial charge is 0.454 e. The maximum atomic E-state index is 12.6. The van der Waals surface area contributed by atoms with E-state index in [-0.39, 0.29) is 18.2 Å². The van der Waals surface area contributed by atoms with Crippen LogP contribution in [-0.2, 0) is 30.8 Å². The lowest BCUT2D eigenvalue weighted by Gasteiger charge is -2.25. The molecule has 0 amide bonds. The fraction of sp³-hybridized carbons (Fsp3) is 0.600. The summed E-state index contributed by atoms with van der Waals surface area (Å²) >= 11 is 0. The molecule has 1 atom stereocenters. The summed E-state index contributed by atoms with van der Waals surface area (Å²) in [6.45, 7) is 1.16. The van der Waals surface area contributed by atoms with Gasteiger partial charge in [-0.25, -0.2) is 8.42 Å². The minimum atomic E-state index is -3.43. The molecular formula is C20H27NO5S. The van der Waals surface area contributed by atoms with Gasteiger partial charge in [0.2, 0.25) is 10.0 Å². The van der Waals surface area contributed by atoms with E-state index in [2.05, 4.69) is 0 Å². The second kappa shape index (κ2) is 8.97. The molecule has 1 aliphatic carbocycles. The van der Waals surface area contributed by atoms with Crippen LogP contribution in [0.3, 0.4) is 0 Å². The summed E-state index contributed by atoms with van der Waals surface area (Å²) < 4.78 is 32.1. The molecule has 2 aliphatic rings. The molecule has 0 aromatic heterocycles. The number of sulfonamides is 1. The summed E-state index contributed by atoms with van der Waals surface area (Å²) in [4.78, 5) is 24.0. The highest BCUT2D eigenvalue weighted by Crippen LogP contribution is 2.22. The van der Waals surface area contributed by atoms with Gasteiger partial charge in [0.25, 0.3) is 0 Å². The first kappa shape index (κ1) is 20.0.